The van der Waals surface area contributed by atoms with Crippen molar-refractivity contribution in [3.8, 4) is 0 Å². The standard InChI is InChI=1S/C6H5ClO3S.K/c7-5-3-1-2-4-6(5)11(8,9)10;/h1-4H,(H,8,9,10);. The van der Waals surface area contributed by atoms with Crippen molar-refractivity contribution in [2.75, 3.05) is 0 Å². The molecule has 0 fully saturated rings. The second-order valence-corrected chi connectivity index (χ2v) is 3.70. The zero-order valence-corrected chi connectivity index (χ0v) is 11.1. The number of rotatable bonds is 1. The van der Waals surface area contributed by atoms with Gasteiger partial charge < -0.3 is 0 Å². The molecule has 0 aliphatic rings. The predicted octanol–water partition coefficient (Wildman–Crippen LogP) is 1.21. The number of benzene rings is 1. The molecule has 0 saturated carbocycles. The summed E-state index contributed by atoms with van der Waals surface area (Å²) in [5.41, 5.74) is 0. The minimum atomic E-state index is -4.17. The van der Waals surface area contributed by atoms with Gasteiger partial charge in [0, 0.05) is 51.4 Å². The summed E-state index contributed by atoms with van der Waals surface area (Å²) in [6.07, 6.45) is 0. The molecule has 1 aromatic rings. The minimum absolute atomic E-state index is 0. The van der Waals surface area contributed by atoms with Gasteiger partial charge >= 0.3 is 0 Å². The van der Waals surface area contributed by atoms with E-state index in [4.69, 9.17) is 16.2 Å². The second-order valence-electron chi connectivity index (χ2n) is 1.91. The van der Waals surface area contributed by atoms with Crippen LogP contribution in [0.3, 0.4) is 0 Å². The maximum Gasteiger partial charge on any atom is 0.296 e. The fourth-order valence-corrected chi connectivity index (χ4v) is 1.65. The smallest absolute Gasteiger partial charge is 0.282 e. The molecule has 0 spiro atoms. The molecule has 0 aliphatic heterocycles. The first-order chi connectivity index (χ1) is 5.02. The van der Waals surface area contributed by atoms with Crippen LogP contribution in [-0.4, -0.2) is 64.4 Å². The molecular formula is C6H5ClKO3S. The molecule has 0 bridgehead atoms. The Kier molecular flexibility index (Phi) is 5.51. The van der Waals surface area contributed by atoms with Gasteiger partial charge in [-0.2, -0.15) is 8.42 Å². The quantitative estimate of drug-likeness (QED) is 0.584. The first-order valence-corrected chi connectivity index (χ1v) is 4.55. The van der Waals surface area contributed by atoms with Crippen molar-refractivity contribution in [2.24, 2.45) is 0 Å². The fourth-order valence-electron chi connectivity index (χ4n) is 0.654. The SMILES string of the molecule is O=S(=O)(O)c1ccccc1Cl.[K]. The largest absolute Gasteiger partial charge is 0.296 e. The number of halogens is 1. The predicted molar refractivity (Wildman–Crippen MR) is 47.0 cm³/mol. The molecule has 6 heteroatoms. The van der Waals surface area contributed by atoms with Gasteiger partial charge in [-0.3, -0.25) is 4.55 Å². The van der Waals surface area contributed by atoms with E-state index >= 15 is 0 Å². The van der Waals surface area contributed by atoms with Gasteiger partial charge in [-0.25, -0.2) is 0 Å². The molecule has 1 aromatic carbocycles. The monoisotopic (exact) mass is 231 g/mol. The Balaban J connectivity index is 0.00000121. The molecule has 1 N–H and O–H groups in total. The molecule has 0 saturated heterocycles. The van der Waals surface area contributed by atoms with E-state index in [2.05, 4.69) is 0 Å². The van der Waals surface area contributed by atoms with Crippen molar-refractivity contribution in [3.63, 3.8) is 0 Å². The van der Waals surface area contributed by atoms with Crippen molar-refractivity contribution in [1.29, 1.82) is 0 Å². The van der Waals surface area contributed by atoms with Crippen molar-refractivity contribution in [1.82, 2.24) is 0 Å². The molecule has 1 rings (SSSR count). The van der Waals surface area contributed by atoms with Crippen LogP contribution in [0.1, 0.15) is 0 Å². The van der Waals surface area contributed by atoms with Gasteiger partial charge in [-0.05, 0) is 12.1 Å². The maximum absolute atomic E-state index is 10.5. The Morgan fingerprint density at radius 2 is 1.75 bits per heavy atom. The van der Waals surface area contributed by atoms with Gasteiger partial charge in [0.1, 0.15) is 4.90 Å². The third kappa shape index (κ3) is 3.43. The van der Waals surface area contributed by atoms with Crippen LogP contribution in [0.15, 0.2) is 29.2 Å². The van der Waals surface area contributed by atoms with E-state index in [1.54, 1.807) is 6.07 Å². The minimum Gasteiger partial charge on any atom is -0.282 e. The van der Waals surface area contributed by atoms with E-state index in [1.807, 2.05) is 0 Å². The van der Waals surface area contributed by atoms with Crippen molar-refractivity contribution in [2.45, 2.75) is 4.90 Å². The first-order valence-electron chi connectivity index (χ1n) is 2.74. The molecule has 0 atom stereocenters. The maximum atomic E-state index is 10.5. The van der Waals surface area contributed by atoms with Crippen LogP contribution in [0, 0.1) is 0 Å². The normalized spacial score (nSPS) is 10.5. The van der Waals surface area contributed by atoms with Crippen LogP contribution in [-0.2, 0) is 10.1 Å². The summed E-state index contributed by atoms with van der Waals surface area (Å²) in [6, 6.07) is 5.69. The van der Waals surface area contributed by atoms with Crippen molar-refractivity contribution in [3.05, 3.63) is 29.3 Å². The summed E-state index contributed by atoms with van der Waals surface area (Å²) in [6.45, 7) is 0. The van der Waals surface area contributed by atoms with E-state index in [1.165, 1.54) is 18.2 Å². The van der Waals surface area contributed by atoms with Gasteiger partial charge in [0.05, 0.1) is 5.02 Å². The molecule has 1 radical (unpaired) electrons. The van der Waals surface area contributed by atoms with Crippen LogP contribution in [0.4, 0.5) is 0 Å². The zero-order valence-electron chi connectivity index (χ0n) is 6.36. The Labute approximate surface area is 118 Å². The first kappa shape index (κ1) is 13.1. The Morgan fingerprint density at radius 3 is 2.08 bits per heavy atom. The molecular weight excluding hydrogens is 227 g/mol. The molecule has 3 nitrogen and oxygen atoms in total. The van der Waals surface area contributed by atoms with Gasteiger partial charge in [-0.1, -0.05) is 23.7 Å². The van der Waals surface area contributed by atoms with Crippen LogP contribution in [0.25, 0.3) is 0 Å². The van der Waals surface area contributed by atoms with Gasteiger partial charge in [0.2, 0.25) is 0 Å². The molecule has 0 amide bonds. The number of hydrogen-bond acceptors (Lipinski definition) is 2. The van der Waals surface area contributed by atoms with Gasteiger partial charge in [0.15, 0.2) is 0 Å². The van der Waals surface area contributed by atoms with E-state index in [0.29, 0.717) is 0 Å². The summed E-state index contributed by atoms with van der Waals surface area (Å²) in [5.74, 6) is 0. The van der Waals surface area contributed by atoms with Crippen molar-refractivity contribution < 1.29 is 13.0 Å². The van der Waals surface area contributed by atoms with Crippen LogP contribution in [0.5, 0.6) is 0 Å². The summed E-state index contributed by atoms with van der Waals surface area (Å²) in [5, 5.41) is 0.0231. The summed E-state index contributed by atoms with van der Waals surface area (Å²) < 4.78 is 29.6. The van der Waals surface area contributed by atoms with E-state index in [9.17, 15) is 8.42 Å². The zero-order chi connectivity index (χ0) is 8.48. The summed E-state index contributed by atoms with van der Waals surface area (Å²) in [7, 11) is -4.17. The van der Waals surface area contributed by atoms with Crippen molar-refractivity contribution >= 4 is 73.1 Å². The third-order valence-electron chi connectivity index (χ3n) is 1.11. The third-order valence-corrected chi connectivity index (χ3v) is 2.47. The molecule has 0 aromatic heterocycles. The van der Waals surface area contributed by atoms with Gasteiger partial charge in [-0.15, -0.1) is 0 Å². The molecule has 0 heterocycles. The number of hydrogen-bond donors (Lipinski definition) is 1. The average Bonchev–Trinajstić information content (AvgIpc) is 1.86. The molecule has 12 heavy (non-hydrogen) atoms. The van der Waals surface area contributed by atoms with E-state index in [-0.39, 0.29) is 61.3 Å². The Hall–Kier alpha value is 1.06. The van der Waals surface area contributed by atoms with Gasteiger partial charge in [0.25, 0.3) is 10.1 Å². The van der Waals surface area contributed by atoms with Crippen LogP contribution < -0.4 is 0 Å². The van der Waals surface area contributed by atoms with E-state index < -0.39 is 10.1 Å². The average molecular weight is 232 g/mol. The summed E-state index contributed by atoms with van der Waals surface area (Å²) >= 11 is 5.47. The molecule has 0 unspecified atom stereocenters. The fraction of sp³-hybridized carbons (Fsp3) is 0. The Morgan fingerprint density at radius 1 is 1.25 bits per heavy atom. The molecule has 0 aliphatic carbocycles. The molecule has 61 valence electrons. The van der Waals surface area contributed by atoms with Crippen LogP contribution >= 0.6 is 11.6 Å². The van der Waals surface area contributed by atoms with Crippen LogP contribution in [0.2, 0.25) is 5.02 Å². The topological polar surface area (TPSA) is 54.4 Å². The second kappa shape index (κ2) is 5.07. The summed E-state index contributed by atoms with van der Waals surface area (Å²) in [4.78, 5) is -0.262. The Bertz CT molecular complexity index is 363. The van der Waals surface area contributed by atoms with E-state index in [0.717, 1.165) is 0 Å².